The Morgan fingerprint density at radius 1 is 1.38 bits per heavy atom. The zero-order valence-electron chi connectivity index (χ0n) is 11.3. The Hall–Kier alpha value is -3.03. The number of non-ortho nitro benzene ring substituents is 1. The number of aromatic nitrogens is 2. The van der Waals surface area contributed by atoms with E-state index in [1.807, 2.05) is 0 Å². The van der Waals surface area contributed by atoms with Crippen molar-refractivity contribution in [3.8, 4) is 5.69 Å². The monoisotopic (exact) mass is 289 g/mol. The number of esters is 1. The van der Waals surface area contributed by atoms with E-state index in [0.717, 1.165) is 13.2 Å². The quantitative estimate of drug-likeness (QED) is 0.478. The molecular formula is C13H11N3O5. The summed E-state index contributed by atoms with van der Waals surface area (Å²) in [6.45, 7) is 1.73. The number of carbonyl (C=O) groups is 1. The summed E-state index contributed by atoms with van der Waals surface area (Å²) < 4.78 is 5.71. The third kappa shape index (κ3) is 2.78. The molecule has 108 valence electrons. The second-order valence-electron chi connectivity index (χ2n) is 4.19. The third-order valence-electron chi connectivity index (χ3n) is 2.84. The van der Waals surface area contributed by atoms with Crippen LogP contribution in [0.1, 0.15) is 16.1 Å². The molecule has 2 aromatic rings. The number of aryl methyl sites for hydroxylation is 1. The van der Waals surface area contributed by atoms with E-state index in [-0.39, 0.29) is 11.4 Å². The number of methoxy groups -OCH3 is 1. The summed E-state index contributed by atoms with van der Waals surface area (Å²) in [5, 5.41) is 14.7. The fourth-order valence-corrected chi connectivity index (χ4v) is 1.74. The van der Waals surface area contributed by atoms with Crippen LogP contribution in [0.2, 0.25) is 0 Å². The lowest BCUT2D eigenvalue weighted by Gasteiger charge is -2.09. The van der Waals surface area contributed by atoms with E-state index in [9.17, 15) is 19.7 Å². The first-order valence-corrected chi connectivity index (χ1v) is 5.87. The predicted octanol–water partition coefficient (Wildman–Crippen LogP) is 1.24. The molecule has 1 heterocycles. The van der Waals surface area contributed by atoms with E-state index in [2.05, 4.69) is 9.84 Å². The van der Waals surface area contributed by atoms with Gasteiger partial charge in [-0.05, 0) is 12.5 Å². The minimum Gasteiger partial charge on any atom is -0.464 e. The Morgan fingerprint density at radius 3 is 2.71 bits per heavy atom. The number of nitrogens with zero attached hydrogens (tertiary/aromatic N) is 3. The van der Waals surface area contributed by atoms with E-state index < -0.39 is 16.3 Å². The highest BCUT2D eigenvalue weighted by atomic mass is 16.6. The van der Waals surface area contributed by atoms with E-state index in [4.69, 9.17) is 0 Å². The highest BCUT2D eigenvalue weighted by molar-refractivity contribution is 5.86. The number of hydrogen-bond donors (Lipinski definition) is 0. The summed E-state index contributed by atoms with van der Waals surface area (Å²) in [7, 11) is 1.14. The zero-order valence-corrected chi connectivity index (χ0v) is 11.3. The summed E-state index contributed by atoms with van der Waals surface area (Å²) in [5.41, 5.74) is 0.0183. The van der Waals surface area contributed by atoms with Crippen LogP contribution in [0.5, 0.6) is 0 Å². The molecule has 2 rings (SSSR count). The molecule has 0 aliphatic carbocycles. The van der Waals surface area contributed by atoms with Crippen molar-refractivity contribution in [1.29, 1.82) is 0 Å². The first-order valence-electron chi connectivity index (χ1n) is 5.87. The van der Waals surface area contributed by atoms with Gasteiger partial charge in [-0.3, -0.25) is 14.9 Å². The lowest BCUT2D eigenvalue weighted by molar-refractivity contribution is -0.384. The highest BCUT2D eigenvalue weighted by Crippen LogP contribution is 2.20. The lowest BCUT2D eigenvalue weighted by atomic mass is 10.2. The smallest absolute Gasteiger partial charge is 0.362 e. The average molecular weight is 289 g/mol. The van der Waals surface area contributed by atoms with E-state index in [0.29, 0.717) is 11.3 Å². The van der Waals surface area contributed by atoms with Crippen LogP contribution in [0, 0.1) is 17.0 Å². The van der Waals surface area contributed by atoms with Crippen LogP contribution in [-0.4, -0.2) is 27.8 Å². The Balaban J connectivity index is 2.62. The second-order valence-corrected chi connectivity index (χ2v) is 4.19. The average Bonchev–Trinajstić information content (AvgIpc) is 2.47. The highest BCUT2D eigenvalue weighted by Gasteiger charge is 2.15. The molecule has 8 heteroatoms. The standard InChI is InChI=1S/C13H11N3O5/c1-8-3-4-9(16(19)20)7-10(8)15-6-5-11(17)12(14-15)13(18)21-2/h3-7H,1-2H3. The third-order valence-corrected chi connectivity index (χ3v) is 2.84. The molecule has 0 N–H and O–H groups in total. The molecule has 0 aliphatic heterocycles. The minimum atomic E-state index is -0.863. The molecule has 0 atom stereocenters. The van der Waals surface area contributed by atoms with Crippen molar-refractivity contribution < 1.29 is 14.5 Å². The number of hydrogen-bond acceptors (Lipinski definition) is 6. The maximum absolute atomic E-state index is 11.6. The van der Waals surface area contributed by atoms with Gasteiger partial charge < -0.3 is 4.74 Å². The van der Waals surface area contributed by atoms with Gasteiger partial charge in [0.15, 0.2) is 0 Å². The fraction of sp³-hybridized carbons (Fsp3) is 0.154. The molecule has 0 radical (unpaired) electrons. The number of benzene rings is 1. The SMILES string of the molecule is COC(=O)c1nn(-c2cc([N+](=O)[O-])ccc2C)ccc1=O. The van der Waals surface area contributed by atoms with E-state index in [1.54, 1.807) is 13.0 Å². The van der Waals surface area contributed by atoms with Crippen LogP contribution < -0.4 is 5.43 Å². The van der Waals surface area contributed by atoms with Crippen LogP contribution in [0.3, 0.4) is 0 Å². The summed E-state index contributed by atoms with van der Waals surface area (Å²) in [6, 6.07) is 5.39. The topological polar surface area (TPSA) is 104 Å². The van der Waals surface area contributed by atoms with Gasteiger partial charge in [-0.2, -0.15) is 5.10 Å². The fourth-order valence-electron chi connectivity index (χ4n) is 1.74. The van der Waals surface area contributed by atoms with Gasteiger partial charge in [0.2, 0.25) is 11.1 Å². The van der Waals surface area contributed by atoms with Crippen LogP contribution in [0.25, 0.3) is 5.69 Å². The van der Waals surface area contributed by atoms with Crippen LogP contribution >= 0.6 is 0 Å². The minimum absolute atomic E-state index is 0.115. The maximum Gasteiger partial charge on any atom is 0.362 e. The molecule has 0 saturated carbocycles. The molecule has 0 bridgehead atoms. The van der Waals surface area contributed by atoms with Gasteiger partial charge in [0.05, 0.1) is 17.7 Å². The number of ether oxygens (including phenoxy) is 1. The molecule has 21 heavy (non-hydrogen) atoms. The van der Waals surface area contributed by atoms with E-state index in [1.165, 1.54) is 23.0 Å². The number of carbonyl (C=O) groups excluding carboxylic acids is 1. The van der Waals surface area contributed by atoms with Crippen LogP contribution in [0.4, 0.5) is 5.69 Å². The lowest BCUT2D eigenvalue weighted by Crippen LogP contribution is -2.21. The van der Waals surface area contributed by atoms with Crippen molar-refractivity contribution in [2.24, 2.45) is 0 Å². The molecule has 0 unspecified atom stereocenters. The van der Waals surface area contributed by atoms with Crippen molar-refractivity contribution in [1.82, 2.24) is 9.78 Å². The Morgan fingerprint density at radius 2 is 2.10 bits per heavy atom. The summed E-state index contributed by atoms with van der Waals surface area (Å²) >= 11 is 0. The number of nitro groups is 1. The van der Waals surface area contributed by atoms with Gasteiger partial charge in [-0.1, -0.05) is 6.07 Å². The number of rotatable bonds is 3. The van der Waals surface area contributed by atoms with Crippen LogP contribution in [-0.2, 0) is 4.74 Å². The normalized spacial score (nSPS) is 10.2. The molecule has 0 saturated heterocycles. The van der Waals surface area contributed by atoms with E-state index >= 15 is 0 Å². The van der Waals surface area contributed by atoms with Gasteiger partial charge in [0, 0.05) is 24.4 Å². The first-order chi connectivity index (χ1) is 9.93. The molecule has 0 amide bonds. The summed E-state index contributed by atoms with van der Waals surface area (Å²) in [5.74, 6) is -0.863. The zero-order chi connectivity index (χ0) is 15.6. The largest absolute Gasteiger partial charge is 0.464 e. The Bertz CT molecular complexity index is 782. The van der Waals surface area contributed by atoms with Crippen LogP contribution in [0.15, 0.2) is 35.3 Å². The second kappa shape index (κ2) is 5.53. The molecule has 8 nitrogen and oxygen atoms in total. The van der Waals surface area contributed by atoms with Gasteiger partial charge in [-0.25, -0.2) is 9.48 Å². The molecule has 0 spiro atoms. The number of nitro benzene ring substituents is 1. The molecule has 1 aromatic heterocycles. The van der Waals surface area contributed by atoms with Gasteiger partial charge >= 0.3 is 5.97 Å². The Kier molecular flexibility index (Phi) is 3.79. The van der Waals surface area contributed by atoms with Gasteiger partial charge in [-0.15, -0.1) is 0 Å². The van der Waals surface area contributed by atoms with Gasteiger partial charge in [0.1, 0.15) is 0 Å². The predicted molar refractivity (Wildman–Crippen MR) is 72.6 cm³/mol. The van der Waals surface area contributed by atoms with Crippen molar-refractivity contribution in [3.05, 3.63) is 62.1 Å². The first kappa shape index (κ1) is 14.4. The van der Waals surface area contributed by atoms with Crippen molar-refractivity contribution in [3.63, 3.8) is 0 Å². The summed E-state index contributed by atoms with van der Waals surface area (Å²) in [6.07, 6.45) is 1.33. The molecular weight excluding hydrogens is 278 g/mol. The van der Waals surface area contributed by atoms with Crippen molar-refractivity contribution >= 4 is 11.7 Å². The molecule has 0 aliphatic rings. The maximum atomic E-state index is 11.6. The molecule has 0 fully saturated rings. The summed E-state index contributed by atoms with van der Waals surface area (Å²) in [4.78, 5) is 33.3. The van der Waals surface area contributed by atoms with Crippen molar-refractivity contribution in [2.75, 3.05) is 7.11 Å². The van der Waals surface area contributed by atoms with Gasteiger partial charge in [0.25, 0.3) is 5.69 Å². The molecule has 1 aromatic carbocycles. The van der Waals surface area contributed by atoms with Crippen molar-refractivity contribution in [2.45, 2.75) is 6.92 Å². The Labute approximate surface area is 118 Å².